The van der Waals surface area contributed by atoms with Gasteiger partial charge in [0.25, 0.3) is 5.91 Å². The van der Waals surface area contributed by atoms with Crippen LogP contribution in [0.3, 0.4) is 0 Å². The Morgan fingerprint density at radius 3 is 2.59 bits per heavy atom. The molecule has 0 saturated carbocycles. The molecule has 2 heterocycles. The molecule has 0 spiro atoms. The Hall–Kier alpha value is -2.71. The van der Waals surface area contributed by atoms with Crippen molar-refractivity contribution in [2.75, 3.05) is 11.9 Å². The van der Waals surface area contributed by atoms with E-state index >= 15 is 0 Å². The molecule has 7 nitrogen and oxygen atoms in total. The van der Waals surface area contributed by atoms with E-state index in [2.05, 4.69) is 31.3 Å². The maximum Gasteiger partial charge on any atom is 0.359 e. The molecule has 0 aliphatic rings. The first kappa shape index (κ1) is 21.0. The van der Waals surface area contributed by atoms with Gasteiger partial charge < -0.3 is 10.1 Å². The topological polar surface area (TPSA) is 86.1 Å². The van der Waals surface area contributed by atoms with E-state index in [9.17, 15) is 9.59 Å². The molecule has 0 fully saturated rings. The van der Waals surface area contributed by atoms with Crippen LogP contribution in [-0.4, -0.2) is 33.2 Å². The van der Waals surface area contributed by atoms with Crippen molar-refractivity contribution in [2.24, 2.45) is 0 Å². The van der Waals surface area contributed by atoms with Crippen LogP contribution in [0.1, 0.15) is 27.4 Å². The number of pyridine rings is 1. The van der Waals surface area contributed by atoms with Crippen LogP contribution in [0.4, 0.5) is 5.69 Å². The van der Waals surface area contributed by atoms with Crippen molar-refractivity contribution in [2.45, 2.75) is 20.8 Å². The number of amides is 1. The normalized spacial score (nSPS) is 10.7. The zero-order valence-corrected chi connectivity index (χ0v) is 18.3. The Kier molecular flexibility index (Phi) is 6.34. The van der Waals surface area contributed by atoms with E-state index in [0.717, 1.165) is 21.4 Å². The average Bonchev–Trinajstić information content (AvgIpc) is 3.00. The quantitative estimate of drug-likeness (QED) is 0.550. The molecule has 3 rings (SSSR count). The molecule has 1 N–H and O–H groups in total. The van der Waals surface area contributed by atoms with Crippen molar-refractivity contribution in [3.05, 3.63) is 68.5 Å². The van der Waals surface area contributed by atoms with Gasteiger partial charge in [-0.15, -0.1) is 0 Å². The molecule has 0 atom stereocenters. The van der Waals surface area contributed by atoms with E-state index in [1.54, 1.807) is 22.9 Å². The first-order valence-corrected chi connectivity index (χ1v) is 9.85. The molecule has 1 amide bonds. The standard InChI is InChI=1S/C20H18BrClN4O3/c1-11-4-6-16(14(21)8-11)23-18(27)10-29-20(28)19-15(22)5-7-17(24-19)26-13(3)9-12(2)25-26/h4-9H,10H2,1-3H3,(H,23,27). The monoisotopic (exact) mass is 476 g/mol. The molecule has 0 bridgehead atoms. The van der Waals surface area contributed by atoms with Gasteiger partial charge in [0.15, 0.2) is 18.1 Å². The number of aryl methyl sites for hydroxylation is 3. The Labute approximate surface area is 181 Å². The summed E-state index contributed by atoms with van der Waals surface area (Å²) in [4.78, 5) is 28.8. The van der Waals surface area contributed by atoms with Crippen LogP contribution in [0.15, 0.2) is 40.9 Å². The number of halogens is 2. The van der Waals surface area contributed by atoms with Crippen molar-refractivity contribution in [3.63, 3.8) is 0 Å². The number of rotatable bonds is 5. The molecule has 0 unspecified atom stereocenters. The van der Waals surface area contributed by atoms with Crippen LogP contribution in [-0.2, 0) is 9.53 Å². The first-order valence-electron chi connectivity index (χ1n) is 8.68. The van der Waals surface area contributed by atoms with Crippen LogP contribution in [0, 0.1) is 20.8 Å². The second-order valence-corrected chi connectivity index (χ2v) is 7.71. The third-order valence-corrected chi connectivity index (χ3v) is 4.95. The van der Waals surface area contributed by atoms with Crippen LogP contribution >= 0.6 is 27.5 Å². The summed E-state index contributed by atoms with van der Waals surface area (Å²) in [6, 6.07) is 10.6. The highest BCUT2D eigenvalue weighted by Gasteiger charge is 2.18. The van der Waals surface area contributed by atoms with Crippen molar-refractivity contribution in [1.82, 2.24) is 14.8 Å². The number of aromatic nitrogens is 3. The summed E-state index contributed by atoms with van der Waals surface area (Å²) in [5.41, 5.74) is 3.23. The molecule has 0 aliphatic carbocycles. The minimum atomic E-state index is -0.795. The van der Waals surface area contributed by atoms with Gasteiger partial charge in [0.05, 0.1) is 16.4 Å². The summed E-state index contributed by atoms with van der Waals surface area (Å²) < 4.78 is 7.43. The van der Waals surface area contributed by atoms with Crippen molar-refractivity contribution in [3.8, 4) is 5.82 Å². The number of hydrogen-bond acceptors (Lipinski definition) is 5. The first-order chi connectivity index (χ1) is 13.7. The van der Waals surface area contributed by atoms with Gasteiger partial charge >= 0.3 is 5.97 Å². The van der Waals surface area contributed by atoms with Crippen LogP contribution in [0.25, 0.3) is 5.82 Å². The van der Waals surface area contributed by atoms with Gasteiger partial charge in [0.2, 0.25) is 0 Å². The maximum atomic E-state index is 12.4. The predicted octanol–water partition coefficient (Wildman–Crippen LogP) is 4.40. The SMILES string of the molecule is Cc1ccc(NC(=O)COC(=O)c2nc(-n3nc(C)cc3C)ccc2Cl)c(Br)c1. The number of carbonyl (C=O) groups excluding carboxylic acids is 2. The zero-order chi connectivity index (χ0) is 21.1. The molecule has 0 aliphatic heterocycles. The lowest BCUT2D eigenvalue weighted by molar-refractivity contribution is -0.119. The molecule has 29 heavy (non-hydrogen) atoms. The highest BCUT2D eigenvalue weighted by molar-refractivity contribution is 9.10. The number of esters is 1. The molecule has 0 saturated heterocycles. The lowest BCUT2D eigenvalue weighted by Crippen LogP contribution is -2.22. The summed E-state index contributed by atoms with van der Waals surface area (Å²) in [6.45, 7) is 5.21. The van der Waals surface area contributed by atoms with Gasteiger partial charge in [0, 0.05) is 10.2 Å². The zero-order valence-electron chi connectivity index (χ0n) is 16.0. The average molecular weight is 478 g/mol. The number of anilines is 1. The van der Waals surface area contributed by atoms with Crippen molar-refractivity contribution < 1.29 is 14.3 Å². The fourth-order valence-electron chi connectivity index (χ4n) is 2.66. The minimum Gasteiger partial charge on any atom is -0.451 e. The van der Waals surface area contributed by atoms with Gasteiger partial charge in [-0.1, -0.05) is 17.7 Å². The lowest BCUT2D eigenvalue weighted by Gasteiger charge is -2.10. The maximum absolute atomic E-state index is 12.4. The highest BCUT2D eigenvalue weighted by Crippen LogP contribution is 2.23. The number of hydrogen-bond donors (Lipinski definition) is 1. The second kappa shape index (κ2) is 8.75. The molecule has 0 radical (unpaired) electrons. The summed E-state index contributed by atoms with van der Waals surface area (Å²) in [5.74, 6) is -0.842. The van der Waals surface area contributed by atoms with E-state index in [1.807, 2.05) is 39.0 Å². The largest absolute Gasteiger partial charge is 0.451 e. The van der Waals surface area contributed by atoms with Gasteiger partial charge in [-0.3, -0.25) is 4.79 Å². The smallest absolute Gasteiger partial charge is 0.359 e. The summed E-state index contributed by atoms with van der Waals surface area (Å²) in [5, 5.41) is 7.14. The molecule has 3 aromatic rings. The molecule has 150 valence electrons. The molecule has 2 aromatic heterocycles. The van der Waals surface area contributed by atoms with E-state index in [4.69, 9.17) is 16.3 Å². The van der Waals surface area contributed by atoms with Gasteiger partial charge in [-0.05, 0) is 72.6 Å². The van der Waals surface area contributed by atoms with Gasteiger partial charge in [-0.25, -0.2) is 14.5 Å². The number of nitrogens with zero attached hydrogens (tertiary/aromatic N) is 3. The van der Waals surface area contributed by atoms with E-state index in [-0.39, 0.29) is 10.7 Å². The van der Waals surface area contributed by atoms with Gasteiger partial charge in [-0.2, -0.15) is 5.10 Å². The van der Waals surface area contributed by atoms with Crippen molar-refractivity contribution in [1.29, 1.82) is 0 Å². The Bertz CT molecular complexity index is 1100. The van der Waals surface area contributed by atoms with E-state index < -0.39 is 18.5 Å². The summed E-state index contributed by atoms with van der Waals surface area (Å²) in [7, 11) is 0. The fraction of sp³-hybridized carbons (Fsp3) is 0.200. The molecular formula is C20H18BrClN4O3. The number of benzene rings is 1. The molecule has 9 heteroatoms. The van der Waals surface area contributed by atoms with Crippen LogP contribution in [0.2, 0.25) is 5.02 Å². The van der Waals surface area contributed by atoms with Crippen LogP contribution in [0.5, 0.6) is 0 Å². The molecular weight excluding hydrogens is 460 g/mol. The minimum absolute atomic E-state index is 0.0824. The fourth-order valence-corrected chi connectivity index (χ4v) is 3.44. The number of ether oxygens (including phenoxy) is 1. The van der Waals surface area contributed by atoms with Crippen molar-refractivity contribution >= 4 is 45.1 Å². The summed E-state index contributed by atoms with van der Waals surface area (Å²) in [6.07, 6.45) is 0. The predicted molar refractivity (Wildman–Crippen MR) is 114 cm³/mol. The lowest BCUT2D eigenvalue weighted by atomic mass is 10.2. The van der Waals surface area contributed by atoms with Gasteiger partial charge in [0.1, 0.15) is 0 Å². The third-order valence-electron chi connectivity index (χ3n) is 3.98. The highest BCUT2D eigenvalue weighted by atomic mass is 79.9. The molecule has 1 aromatic carbocycles. The van der Waals surface area contributed by atoms with Crippen LogP contribution < -0.4 is 5.32 Å². The Morgan fingerprint density at radius 2 is 1.93 bits per heavy atom. The number of nitrogens with one attached hydrogen (secondary N) is 1. The third kappa shape index (κ3) is 5.02. The Morgan fingerprint density at radius 1 is 1.17 bits per heavy atom. The Balaban J connectivity index is 1.69. The van der Waals surface area contributed by atoms with E-state index in [0.29, 0.717) is 11.5 Å². The second-order valence-electron chi connectivity index (χ2n) is 6.45. The number of carbonyl (C=O) groups is 2. The van der Waals surface area contributed by atoms with E-state index in [1.165, 1.54) is 0 Å². The summed E-state index contributed by atoms with van der Waals surface area (Å²) >= 11 is 9.49.